The Kier molecular flexibility index (Phi) is 6.05. The van der Waals surface area contributed by atoms with Gasteiger partial charge >= 0.3 is 12.1 Å². The SMILES string of the molecule is CCOC(=O)CCC(=O)c1nc2c(-c3ccccc3C(F)(F)F)cccc2cc1O. The number of benzene rings is 2. The number of aromatic nitrogens is 1. The fraction of sp³-hybridized carbons (Fsp3) is 0.227. The largest absolute Gasteiger partial charge is 0.506 e. The summed E-state index contributed by atoms with van der Waals surface area (Å²) >= 11 is 0. The number of halogens is 3. The van der Waals surface area contributed by atoms with Crippen molar-refractivity contribution in [2.45, 2.75) is 25.9 Å². The fourth-order valence-electron chi connectivity index (χ4n) is 3.14. The number of ketones is 1. The highest BCUT2D eigenvalue weighted by molar-refractivity contribution is 6.03. The Balaban J connectivity index is 2.09. The highest BCUT2D eigenvalue weighted by Crippen LogP contribution is 2.39. The summed E-state index contributed by atoms with van der Waals surface area (Å²) in [4.78, 5) is 28.1. The molecule has 0 aliphatic rings. The minimum absolute atomic E-state index is 0.0845. The zero-order valence-electron chi connectivity index (χ0n) is 16.0. The third-order valence-electron chi connectivity index (χ3n) is 4.47. The van der Waals surface area contributed by atoms with Crippen LogP contribution in [0.2, 0.25) is 0 Å². The molecule has 0 radical (unpaired) electrons. The Labute approximate surface area is 170 Å². The van der Waals surface area contributed by atoms with Crippen molar-refractivity contribution in [2.24, 2.45) is 0 Å². The first-order valence-electron chi connectivity index (χ1n) is 9.20. The summed E-state index contributed by atoms with van der Waals surface area (Å²) in [5.41, 5.74) is -0.892. The van der Waals surface area contributed by atoms with Crippen LogP contribution in [0.25, 0.3) is 22.0 Å². The maximum Gasteiger partial charge on any atom is 0.417 e. The van der Waals surface area contributed by atoms with Crippen LogP contribution < -0.4 is 0 Å². The van der Waals surface area contributed by atoms with Crippen LogP contribution in [0, 0.1) is 0 Å². The summed E-state index contributed by atoms with van der Waals surface area (Å²) in [5, 5.41) is 10.6. The van der Waals surface area contributed by atoms with Gasteiger partial charge in [-0.15, -0.1) is 0 Å². The van der Waals surface area contributed by atoms with E-state index < -0.39 is 29.2 Å². The van der Waals surface area contributed by atoms with E-state index in [1.807, 2.05) is 0 Å². The number of alkyl halides is 3. The van der Waals surface area contributed by atoms with Crippen molar-refractivity contribution in [3.05, 3.63) is 59.8 Å². The summed E-state index contributed by atoms with van der Waals surface area (Å²) in [5.74, 6) is -1.58. The Morgan fingerprint density at radius 3 is 2.43 bits per heavy atom. The zero-order chi connectivity index (χ0) is 21.9. The van der Waals surface area contributed by atoms with Gasteiger partial charge in [0.05, 0.1) is 24.1 Å². The van der Waals surface area contributed by atoms with E-state index in [1.54, 1.807) is 19.1 Å². The Morgan fingerprint density at radius 1 is 1.03 bits per heavy atom. The van der Waals surface area contributed by atoms with Gasteiger partial charge in [-0.2, -0.15) is 13.2 Å². The molecule has 0 amide bonds. The number of para-hydroxylation sites is 1. The molecule has 1 heterocycles. The molecule has 3 rings (SSSR count). The van der Waals surface area contributed by atoms with E-state index in [-0.39, 0.29) is 41.8 Å². The lowest BCUT2D eigenvalue weighted by atomic mass is 9.96. The molecule has 2 aromatic carbocycles. The second kappa shape index (κ2) is 8.52. The first kappa shape index (κ1) is 21.3. The standard InChI is InChI=1S/C22H18F3NO4/c1-2-30-19(29)11-10-17(27)21-18(28)12-13-6-5-8-15(20(13)26-21)14-7-3-4-9-16(14)22(23,24)25/h3-9,12,28H,2,10-11H2,1H3. The lowest BCUT2D eigenvalue weighted by Gasteiger charge is -2.15. The predicted octanol–water partition coefficient (Wildman–Crippen LogP) is 5.15. The number of Topliss-reactive ketones (excluding diaryl/α,β-unsaturated/α-hetero) is 1. The normalized spacial score (nSPS) is 11.5. The molecule has 0 unspecified atom stereocenters. The van der Waals surface area contributed by atoms with Crippen molar-refractivity contribution in [3.63, 3.8) is 0 Å². The topological polar surface area (TPSA) is 76.5 Å². The quantitative estimate of drug-likeness (QED) is 0.443. The molecule has 30 heavy (non-hydrogen) atoms. The van der Waals surface area contributed by atoms with Crippen LogP contribution in [0.4, 0.5) is 13.2 Å². The molecule has 156 valence electrons. The highest BCUT2D eigenvalue weighted by atomic mass is 19.4. The average molecular weight is 417 g/mol. The van der Waals surface area contributed by atoms with Gasteiger partial charge in [0, 0.05) is 17.4 Å². The van der Waals surface area contributed by atoms with Gasteiger partial charge in [-0.25, -0.2) is 4.98 Å². The molecule has 3 aromatic rings. The number of esters is 1. The molecular weight excluding hydrogens is 399 g/mol. The third kappa shape index (κ3) is 4.42. The van der Waals surface area contributed by atoms with Gasteiger partial charge in [-0.1, -0.05) is 36.4 Å². The number of pyridine rings is 1. The summed E-state index contributed by atoms with van der Waals surface area (Å²) in [7, 11) is 0. The zero-order valence-corrected chi connectivity index (χ0v) is 16.0. The maximum atomic E-state index is 13.5. The minimum Gasteiger partial charge on any atom is -0.506 e. The molecule has 0 saturated carbocycles. The van der Waals surface area contributed by atoms with Crippen LogP contribution in [-0.4, -0.2) is 28.4 Å². The van der Waals surface area contributed by atoms with Crippen LogP contribution in [0.1, 0.15) is 35.8 Å². The monoisotopic (exact) mass is 417 g/mol. The molecule has 1 N–H and O–H groups in total. The molecule has 5 nitrogen and oxygen atoms in total. The number of hydrogen-bond acceptors (Lipinski definition) is 5. The van der Waals surface area contributed by atoms with E-state index in [0.717, 1.165) is 6.07 Å². The van der Waals surface area contributed by atoms with Crippen LogP contribution in [-0.2, 0) is 15.7 Å². The van der Waals surface area contributed by atoms with E-state index in [4.69, 9.17) is 4.74 Å². The van der Waals surface area contributed by atoms with E-state index >= 15 is 0 Å². The molecule has 0 aliphatic heterocycles. The van der Waals surface area contributed by atoms with Crippen LogP contribution in [0.15, 0.2) is 48.5 Å². The average Bonchev–Trinajstić information content (AvgIpc) is 2.70. The molecule has 8 heteroatoms. The van der Waals surface area contributed by atoms with E-state index in [2.05, 4.69) is 4.98 Å². The Hall–Kier alpha value is -3.42. The number of aromatic hydroxyl groups is 1. The molecule has 1 aromatic heterocycles. The number of nitrogens with zero attached hydrogens (tertiary/aromatic N) is 1. The van der Waals surface area contributed by atoms with E-state index in [9.17, 15) is 27.9 Å². The molecular formula is C22H18F3NO4. The number of ether oxygens (including phenoxy) is 1. The first-order chi connectivity index (χ1) is 14.2. The lowest BCUT2D eigenvalue weighted by molar-refractivity contribution is -0.143. The van der Waals surface area contributed by atoms with Gasteiger partial charge in [-0.05, 0) is 24.6 Å². The summed E-state index contributed by atoms with van der Waals surface area (Å²) in [6.45, 7) is 1.81. The van der Waals surface area contributed by atoms with E-state index in [1.165, 1.54) is 30.3 Å². The predicted molar refractivity (Wildman–Crippen MR) is 104 cm³/mol. The molecule has 0 atom stereocenters. The van der Waals surface area contributed by atoms with Crippen molar-refractivity contribution >= 4 is 22.7 Å². The molecule has 0 bridgehead atoms. The van der Waals surface area contributed by atoms with Crippen molar-refractivity contribution in [1.29, 1.82) is 0 Å². The smallest absolute Gasteiger partial charge is 0.417 e. The van der Waals surface area contributed by atoms with Gasteiger partial charge in [0.1, 0.15) is 11.4 Å². The molecule has 0 fully saturated rings. The van der Waals surface area contributed by atoms with Crippen molar-refractivity contribution in [3.8, 4) is 16.9 Å². The van der Waals surface area contributed by atoms with Crippen molar-refractivity contribution in [1.82, 2.24) is 4.98 Å². The number of fused-ring (bicyclic) bond motifs is 1. The fourth-order valence-corrected chi connectivity index (χ4v) is 3.14. The number of carbonyl (C=O) groups excluding carboxylic acids is 2. The first-order valence-corrected chi connectivity index (χ1v) is 9.20. The second-order valence-electron chi connectivity index (χ2n) is 6.50. The summed E-state index contributed by atoms with van der Waals surface area (Å²) in [6, 6.07) is 11.0. The molecule has 0 spiro atoms. The van der Waals surface area contributed by atoms with Crippen molar-refractivity contribution < 1.29 is 32.6 Å². The van der Waals surface area contributed by atoms with Crippen LogP contribution in [0.3, 0.4) is 0 Å². The molecule has 0 aliphatic carbocycles. The minimum atomic E-state index is -4.58. The van der Waals surface area contributed by atoms with Gasteiger partial charge in [0.15, 0.2) is 5.78 Å². The van der Waals surface area contributed by atoms with Crippen LogP contribution in [0.5, 0.6) is 5.75 Å². The van der Waals surface area contributed by atoms with Gasteiger partial charge < -0.3 is 9.84 Å². The number of rotatable bonds is 6. The number of hydrogen-bond donors (Lipinski definition) is 1. The summed E-state index contributed by atoms with van der Waals surface area (Å²) in [6.07, 6.45) is -5.01. The van der Waals surface area contributed by atoms with Crippen molar-refractivity contribution in [2.75, 3.05) is 6.61 Å². The number of carbonyl (C=O) groups is 2. The second-order valence-corrected chi connectivity index (χ2v) is 6.50. The van der Waals surface area contributed by atoms with E-state index in [0.29, 0.717) is 5.39 Å². The highest BCUT2D eigenvalue weighted by Gasteiger charge is 2.33. The third-order valence-corrected chi connectivity index (χ3v) is 4.47. The summed E-state index contributed by atoms with van der Waals surface area (Å²) < 4.78 is 45.2. The maximum absolute atomic E-state index is 13.5. The Bertz CT molecular complexity index is 1110. The van der Waals surface area contributed by atoms with Gasteiger partial charge in [-0.3, -0.25) is 9.59 Å². The van der Waals surface area contributed by atoms with Gasteiger partial charge in [0.2, 0.25) is 0 Å². The van der Waals surface area contributed by atoms with Gasteiger partial charge in [0.25, 0.3) is 0 Å². The Morgan fingerprint density at radius 2 is 1.73 bits per heavy atom. The lowest BCUT2D eigenvalue weighted by Crippen LogP contribution is -2.10. The molecule has 0 saturated heterocycles. The van der Waals surface area contributed by atoms with Crippen LogP contribution >= 0.6 is 0 Å².